The largest absolute Gasteiger partial charge is 0.467 e. The lowest BCUT2D eigenvalue weighted by Gasteiger charge is -2.43. The molecule has 36 heavy (non-hydrogen) atoms. The van der Waals surface area contributed by atoms with Gasteiger partial charge >= 0.3 is 17.9 Å². The second kappa shape index (κ2) is 14.1. The molecule has 2 heterocycles. The van der Waals surface area contributed by atoms with E-state index in [0.717, 1.165) is 7.11 Å². The van der Waals surface area contributed by atoms with Crippen molar-refractivity contribution >= 4 is 17.9 Å². The molecule has 2 aliphatic heterocycles. The second-order valence-electron chi connectivity index (χ2n) is 8.55. The highest BCUT2D eigenvalue weighted by molar-refractivity contribution is 5.76. The molecule has 14 heteroatoms. The Balaban J connectivity index is 2.16. The van der Waals surface area contributed by atoms with Crippen molar-refractivity contribution in [1.29, 1.82) is 0 Å². The fourth-order valence-electron chi connectivity index (χ4n) is 4.46. The molecule has 208 valence electrons. The molecule has 10 atom stereocenters. The summed E-state index contributed by atoms with van der Waals surface area (Å²) in [6.45, 7) is -0.0393. The average Bonchev–Trinajstić information content (AvgIpc) is 2.88. The SMILES string of the molecule is CCC1C(C(=O)OC)O[C@@H](COCC2C(C(=O)OC)O[C@H](COC)C(OC(=O)CO)C2O)C(O)C1O. The van der Waals surface area contributed by atoms with Crippen molar-refractivity contribution in [3.8, 4) is 0 Å². The maximum Gasteiger partial charge on any atom is 0.335 e. The number of aliphatic hydroxyl groups excluding tert-OH is 4. The molecule has 4 N–H and O–H groups in total. The van der Waals surface area contributed by atoms with Gasteiger partial charge in [0.2, 0.25) is 0 Å². The zero-order valence-electron chi connectivity index (χ0n) is 20.7. The Labute approximate surface area is 208 Å². The van der Waals surface area contributed by atoms with Crippen molar-refractivity contribution in [3.05, 3.63) is 0 Å². The van der Waals surface area contributed by atoms with Crippen LogP contribution in [0.3, 0.4) is 0 Å². The van der Waals surface area contributed by atoms with Crippen LogP contribution in [-0.2, 0) is 47.5 Å². The van der Waals surface area contributed by atoms with Crippen molar-refractivity contribution < 1.29 is 68.0 Å². The van der Waals surface area contributed by atoms with E-state index in [2.05, 4.69) is 0 Å². The first-order valence-electron chi connectivity index (χ1n) is 11.5. The third-order valence-electron chi connectivity index (χ3n) is 6.39. The number of methoxy groups -OCH3 is 3. The Morgan fingerprint density at radius 1 is 0.778 bits per heavy atom. The van der Waals surface area contributed by atoms with Crippen LogP contribution in [0.5, 0.6) is 0 Å². The molecule has 2 rings (SSSR count). The van der Waals surface area contributed by atoms with Crippen molar-refractivity contribution in [2.24, 2.45) is 11.8 Å². The van der Waals surface area contributed by atoms with Crippen LogP contribution in [-0.4, -0.2) is 135 Å². The normalized spacial score (nSPS) is 36.7. The highest BCUT2D eigenvalue weighted by atomic mass is 16.6. The van der Waals surface area contributed by atoms with Crippen LogP contribution in [0.4, 0.5) is 0 Å². The number of ether oxygens (including phenoxy) is 7. The van der Waals surface area contributed by atoms with E-state index >= 15 is 0 Å². The van der Waals surface area contributed by atoms with E-state index in [9.17, 15) is 29.7 Å². The van der Waals surface area contributed by atoms with Gasteiger partial charge in [-0.05, 0) is 6.42 Å². The Bertz CT molecular complexity index is 732. The van der Waals surface area contributed by atoms with Gasteiger partial charge in [0.05, 0.1) is 40.1 Å². The van der Waals surface area contributed by atoms with Crippen LogP contribution >= 0.6 is 0 Å². The lowest BCUT2D eigenvalue weighted by atomic mass is 9.84. The minimum atomic E-state index is -1.49. The average molecular weight is 525 g/mol. The zero-order chi connectivity index (χ0) is 27.0. The van der Waals surface area contributed by atoms with E-state index in [0.29, 0.717) is 6.42 Å². The summed E-state index contributed by atoms with van der Waals surface area (Å²) in [6.07, 6.45) is -9.76. The number of aliphatic hydroxyl groups is 4. The third-order valence-corrected chi connectivity index (χ3v) is 6.39. The number of rotatable bonds is 11. The maximum atomic E-state index is 12.4. The predicted molar refractivity (Wildman–Crippen MR) is 116 cm³/mol. The minimum Gasteiger partial charge on any atom is -0.467 e. The van der Waals surface area contributed by atoms with Crippen molar-refractivity contribution in [3.63, 3.8) is 0 Å². The zero-order valence-corrected chi connectivity index (χ0v) is 20.7. The lowest BCUT2D eigenvalue weighted by molar-refractivity contribution is -0.243. The summed E-state index contributed by atoms with van der Waals surface area (Å²) < 4.78 is 36.6. The lowest BCUT2D eigenvalue weighted by Crippen LogP contribution is -2.61. The van der Waals surface area contributed by atoms with Crippen LogP contribution in [0.15, 0.2) is 0 Å². The van der Waals surface area contributed by atoms with Gasteiger partial charge < -0.3 is 53.6 Å². The van der Waals surface area contributed by atoms with Gasteiger partial charge in [-0.1, -0.05) is 6.92 Å². The highest BCUT2D eigenvalue weighted by Crippen LogP contribution is 2.32. The Kier molecular flexibility index (Phi) is 11.9. The number of hydrogen-bond donors (Lipinski definition) is 4. The van der Waals surface area contributed by atoms with E-state index in [1.807, 2.05) is 0 Å². The Hall–Kier alpha value is -1.91. The van der Waals surface area contributed by atoms with Gasteiger partial charge in [0.1, 0.15) is 31.0 Å². The topological polar surface area (TPSA) is 197 Å². The summed E-state index contributed by atoms with van der Waals surface area (Å²) >= 11 is 0. The molecule has 0 aromatic rings. The number of esters is 3. The number of hydrogen-bond acceptors (Lipinski definition) is 14. The Morgan fingerprint density at radius 3 is 1.89 bits per heavy atom. The van der Waals surface area contributed by atoms with Gasteiger partial charge in [-0.15, -0.1) is 0 Å². The van der Waals surface area contributed by atoms with Gasteiger partial charge in [0, 0.05) is 18.9 Å². The van der Waals surface area contributed by atoms with E-state index < -0.39 is 85.2 Å². The standard InChI is InChI=1S/C22H36O14/c1-5-10-15(25)17(27)12(34-18(10)21(28)31-3)9-33-7-11-16(26)20(36-14(24)6-23)13(8-30-2)35-19(11)22(29)32-4/h10-13,15-20,23,25-27H,5-9H2,1-4H3/t10?,11?,12-,13+,15?,16?,17?,18?,19?,20?/m0/s1. The molecule has 14 nitrogen and oxygen atoms in total. The van der Waals surface area contributed by atoms with Crippen LogP contribution < -0.4 is 0 Å². The fraction of sp³-hybridized carbons (Fsp3) is 0.864. The van der Waals surface area contributed by atoms with Gasteiger partial charge in [0.25, 0.3) is 0 Å². The van der Waals surface area contributed by atoms with E-state index in [1.165, 1.54) is 14.2 Å². The van der Waals surface area contributed by atoms with E-state index in [1.54, 1.807) is 6.92 Å². The number of carbonyl (C=O) groups is 3. The van der Waals surface area contributed by atoms with E-state index in [-0.39, 0.29) is 19.8 Å². The highest BCUT2D eigenvalue weighted by Gasteiger charge is 2.51. The van der Waals surface area contributed by atoms with Crippen LogP contribution in [0.25, 0.3) is 0 Å². The van der Waals surface area contributed by atoms with Crippen LogP contribution in [0, 0.1) is 11.8 Å². The molecule has 0 spiro atoms. The van der Waals surface area contributed by atoms with Crippen LogP contribution in [0.1, 0.15) is 13.3 Å². The smallest absolute Gasteiger partial charge is 0.335 e. The molecule has 0 bridgehead atoms. The Morgan fingerprint density at radius 2 is 1.36 bits per heavy atom. The van der Waals surface area contributed by atoms with Crippen molar-refractivity contribution in [1.82, 2.24) is 0 Å². The van der Waals surface area contributed by atoms with Gasteiger partial charge in [0.15, 0.2) is 18.3 Å². The quantitative estimate of drug-likeness (QED) is 0.159. The molecule has 0 aromatic carbocycles. The molecule has 2 fully saturated rings. The molecule has 0 radical (unpaired) electrons. The first-order chi connectivity index (χ1) is 17.1. The van der Waals surface area contributed by atoms with Crippen LogP contribution in [0.2, 0.25) is 0 Å². The third kappa shape index (κ3) is 6.89. The second-order valence-corrected chi connectivity index (χ2v) is 8.55. The maximum absolute atomic E-state index is 12.4. The summed E-state index contributed by atoms with van der Waals surface area (Å²) in [6, 6.07) is 0. The minimum absolute atomic E-state index is 0.144. The summed E-state index contributed by atoms with van der Waals surface area (Å²) in [4.78, 5) is 36.2. The monoisotopic (exact) mass is 524 g/mol. The summed E-state index contributed by atoms with van der Waals surface area (Å²) in [5.74, 6) is -4.35. The predicted octanol–water partition coefficient (Wildman–Crippen LogP) is -2.84. The summed E-state index contributed by atoms with van der Waals surface area (Å²) in [5.41, 5.74) is 0. The molecule has 2 aliphatic rings. The summed E-state index contributed by atoms with van der Waals surface area (Å²) in [7, 11) is 3.65. The molecular weight excluding hydrogens is 488 g/mol. The van der Waals surface area contributed by atoms with Gasteiger partial charge in [-0.25, -0.2) is 14.4 Å². The molecule has 2 saturated heterocycles. The molecule has 0 aromatic heterocycles. The molecule has 0 saturated carbocycles. The van der Waals surface area contributed by atoms with Gasteiger partial charge in [-0.2, -0.15) is 0 Å². The number of carbonyl (C=O) groups excluding carboxylic acids is 3. The summed E-state index contributed by atoms with van der Waals surface area (Å²) in [5, 5.41) is 41.0. The first-order valence-corrected chi connectivity index (χ1v) is 11.5. The molecule has 0 amide bonds. The van der Waals surface area contributed by atoms with Crippen molar-refractivity contribution in [2.45, 2.75) is 62.2 Å². The molecule has 8 unspecified atom stereocenters. The van der Waals surface area contributed by atoms with Crippen molar-refractivity contribution in [2.75, 3.05) is 47.8 Å². The fourth-order valence-corrected chi connectivity index (χ4v) is 4.46. The van der Waals surface area contributed by atoms with E-state index in [4.69, 9.17) is 38.3 Å². The molecular formula is C22H36O14. The molecule has 0 aliphatic carbocycles. The first kappa shape index (κ1) is 30.3. The van der Waals surface area contributed by atoms with Gasteiger partial charge in [-0.3, -0.25) is 0 Å².